The predicted molar refractivity (Wildman–Crippen MR) is 64.2 cm³/mol. The minimum absolute atomic E-state index is 0.00477. The minimum Gasteiger partial charge on any atom is -0.368 e. The maximum Gasteiger partial charge on any atom is 0.237 e. The maximum absolute atomic E-state index is 11.8. The van der Waals surface area contributed by atoms with Gasteiger partial charge in [0.25, 0.3) is 0 Å². The van der Waals surface area contributed by atoms with Crippen molar-refractivity contribution in [2.24, 2.45) is 5.73 Å². The fraction of sp³-hybridized carbons (Fsp3) is 0.385. The van der Waals surface area contributed by atoms with E-state index in [1.807, 2.05) is 37.3 Å². The number of nitrogens with two attached hydrogens (primary N) is 1. The fourth-order valence-electron chi connectivity index (χ4n) is 2.42. The van der Waals surface area contributed by atoms with E-state index in [0.29, 0.717) is 6.42 Å². The minimum atomic E-state index is -0.459. The van der Waals surface area contributed by atoms with Gasteiger partial charge in [-0.1, -0.05) is 30.3 Å². The zero-order valence-corrected chi connectivity index (χ0v) is 9.80. The number of benzene rings is 1. The molecule has 1 unspecified atom stereocenters. The molecule has 1 fully saturated rings. The number of primary amides is 1. The van der Waals surface area contributed by atoms with Crippen molar-refractivity contribution in [3.8, 4) is 0 Å². The van der Waals surface area contributed by atoms with Crippen LogP contribution >= 0.6 is 0 Å². The predicted octanol–water partition coefficient (Wildman–Crippen LogP) is 0.876. The molecule has 2 N–H and O–H groups in total. The van der Waals surface area contributed by atoms with Gasteiger partial charge < -0.3 is 10.6 Å². The first-order valence-corrected chi connectivity index (χ1v) is 5.72. The number of carbonyl (C=O) groups excluding carboxylic acids is 2. The van der Waals surface area contributed by atoms with Gasteiger partial charge in [0.1, 0.15) is 0 Å². The van der Waals surface area contributed by atoms with Gasteiger partial charge in [0, 0.05) is 18.4 Å². The van der Waals surface area contributed by atoms with Crippen LogP contribution in [-0.4, -0.2) is 29.3 Å². The molecule has 1 aliphatic heterocycles. The molecule has 4 heteroatoms. The third kappa shape index (κ3) is 2.30. The van der Waals surface area contributed by atoms with Crippen molar-refractivity contribution in [2.75, 3.05) is 6.54 Å². The summed E-state index contributed by atoms with van der Waals surface area (Å²) in [5.41, 5.74) is 6.29. The Hall–Kier alpha value is -1.84. The van der Waals surface area contributed by atoms with Crippen LogP contribution in [0.3, 0.4) is 0 Å². The number of likely N-dealkylation sites (tertiary alicyclic amines) is 1. The Morgan fingerprint density at radius 3 is 2.65 bits per heavy atom. The van der Waals surface area contributed by atoms with Gasteiger partial charge in [-0.3, -0.25) is 9.59 Å². The van der Waals surface area contributed by atoms with Crippen LogP contribution in [0, 0.1) is 0 Å². The van der Waals surface area contributed by atoms with E-state index in [1.54, 1.807) is 4.90 Å². The molecule has 2 rings (SSSR count). The van der Waals surface area contributed by atoms with Crippen LogP contribution in [0.25, 0.3) is 0 Å². The molecule has 0 radical (unpaired) electrons. The number of carbonyl (C=O) groups is 2. The van der Waals surface area contributed by atoms with Crippen LogP contribution in [0.5, 0.6) is 0 Å². The monoisotopic (exact) mass is 232 g/mol. The highest BCUT2D eigenvalue weighted by atomic mass is 16.2. The lowest BCUT2D eigenvalue weighted by molar-refractivity contribution is -0.133. The average Bonchev–Trinajstić information content (AvgIpc) is 2.58. The molecule has 90 valence electrons. The van der Waals surface area contributed by atoms with Crippen LogP contribution in [0.4, 0.5) is 0 Å². The van der Waals surface area contributed by atoms with Crippen LogP contribution < -0.4 is 5.73 Å². The van der Waals surface area contributed by atoms with Gasteiger partial charge in [0.15, 0.2) is 0 Å². The van der Waals surface area contributed by atoms with Crippen molar-refractivity contribution in [3.63, 3.8) is 0 Å². The highest BCUT2D eigenvalue weighted by Gasteiger charge is 2.37. The number of hydrogen-bond acceptors (Lipinski definition) is 2. The summed E-state index contributed by atoms with van der Waals surface area (Å²) in [6.07, 6.45) is 0.457. The molecule has 1 saturated heterocycles. The highest BCUT2D eigenvalue weighted by Crippen LogP contribution is 2.33. The van der Waals surface area contributed by atoms with E-state index in [4.69, 9.17) is 5.73 Å². The summed E-state index contributed by atoms with van der Waals surface area (Å²) in [5, 5.41) is 0. The second-order valence-corrected chi connectivity index (χ2v) is 4.45. The van der Waals surface area contributed by atoms with Crippen molar-refractivity contribution >= 4 is 11.8 Å². The van der Waals surface area contributed by atoms with Gasteiger partial charge >= 0.3 is 0 Å². The summed E-state index contributed by atoms with van der Waals surface area (Å²) >= 11 is 0. The first kappa shape index (κ1) is 11.6. The van der Waals surface area contributed by atoms with E-state index in [2.05, 4.69) is 0 Å². The van der Waals surface area contributed by atoms with E-state index >= 15 is 0 Å². The lowest BCUT2D eigenvalue weighted by Crippen LogP contribution is -2.39. The molecule has 2 atom stereocenters. The SMILES string of the molecule is C[C@H]1C(c2ccccc2)CC(=O)N1CC(N)=O. The van der Waals surface area contributed by atoms with Gasteiger partial charge in [-0.05, 0) is 12.5 Å². The highest BCUT2D eigenvalue weighted by molar-refractivity contribution is 5.86. The maximum atomic E-state index is 11.8. The van der Waals surface area contributed by atoms with Gasteiger partial charge in [-0.15, -0.1) is 0 Å². The summed E-state index contributed by atoms with van der Waals surface area (Å²) in [5.74, 6) is -0.299. The Bertz CT molecular complexity index is 430. The molecule has 0 aliphatic carbocycles. The first-order valence-electron chi connectivity index (χ1n) is 5.72. The molecule has 1 heterocycles. The van der Waals surface area contributed by atoms with Crippen LogP contribution in [0.2, 0.25) is 0 Å². The van der Waals surface area contributed by atoms with Crippen molar-refractivity contribution in [3.05, 3.63) is 35.9 Å². The lowest BCUT2D eigenvalue weighted by atomic mass is 9.93. The lowest BCUT2D eigenvalue weighted by Gasteiger charge is -2.23. The summed E-state index contributed by atoms with van der Waals surface area (Å²) in [4.78, 5) is 24.3. The molecule has 1 aromatic rings. The van der Waals surface area contributed by atoms with Crippen LogP contribution in [-0.2, 0) is 9.59 Å². The van der Waals surface area contributed by atoms with Crippen molar-refractivity contribution in [1.82, 2.24) is 4.90 Å². The van der Waals surface area contributed by atoms with Gasteiger partial charge in [0.05, 0.1) is 6.54 Å². The van der Waals surface area contributed by atoms with Gasteiger partial charge in [0.2, 0.25) is 11.8 Å². The Balaban J connectivity index is 2.18. The summed E-state index contributed by atoms with van der Waals surface area (Å²) in [7, 11) is 0. The number of amides is 2. The smallest absolute Gasteiger partial charge is 0.237 e. The molecule has 0 aromatic heterocycles. The van der Waals surface area contributed by atoms with Crippen molar-refractivity contribution in [1.29, 1.82) is 0 Å². The molecule has 1 aromatic carbocycles. The number of rotatable bonds is 3. The van der Waals surface area contributed by atoms with E-state index in [-0.39, 0.29) is 24.4 Å². The molecule has 0 saturated carbocycles. The van der Waals surface area contributed by atoms with Crippen LogP contribution in [0.15, 0.2) is 30.3 Å². The van der Waals surface area contributed by atoms with Crippen molar-refractivity contribution in [2.45, 2.75) is 25.3 Å². The molecule has 0 spiro atoms. The number of hydrogen-bond donors (Lipinski definition) is 1. The quantitative estimate of drug-likeness (QED) is 0.840. The van der Waals surface area contributed by atoms with E-state index < -0.39 is 5.91 Å². The largest absolute Gasteiger partial charge is 0.368 e. The Labute approximate surface area is 100 Å². The zero-order chi connectivity index (χ0) is 12.4. The van der Waals surface area contributed by atoms with E-state index in [9.17, 15) is 9.59 Å². The molecule has 2 amide bonds. The zero-order valence-electron chi connectivity index (χ0n) is 9.80. The molecule has 17 heavy (non-hydrogen) atoms. The molecular formula is C13H16N2O2. The topological polar surface area (TPSA) is 63.4 Å². The first-order chi connectivity index (χ1) is 8.09. The average molecular weight is 232 g/mol. The van der Waals surface area contributed by atoms with E-state index in [0.717, 1.165) is 5.56 Å². The Kier molecular flexibility index (Phi) is 3.13. The summed E-state index contributed by atoms with van der Waals surface area (Å²) in [6.45, 7) is 1.98. The molecule has 4 nitrogen and oxygen atoms in total. The normalized spacial score (nSPS) is 24.1. The Morgan fingerprint density at radius 1 is 1.41 bits per heavy atom. The van der Waals surface area contributed by atoms with E-state index in [1.165, 1.54) is 0 Å². The molecule has 0 bridgehead atoms. The summed E-state index contributed by atoms with van der Waals surface area (Å²) in [6, 6.07) is 9.93. The molecule has 1 aliphatic rings. The van der Waals surface area contributed by atoms with Crippen LogP contribution in [0.1, 0.15) is 24.8 Å². The third-order valence-electron chi connectivity index (χ3n) is 3.34. The third-order valence-corrected chi connectivity index (χ3v) is 3.34. The van der Waals surface area contributed by atoms with Gasteiger partial charge in [-0.2, -0.15) is 0 Å². The second kappa shape index (κ2) is 4.57. The Morgan fingerprint density at radius 2 is 2.06 bits per heavy atom. The number of nitrogens with zero attached hydrogens (tertiary/aromatic N) is 1. The van der Waals surface area contributed by atoms with Gasteiger partial charge in [-0.25, -0.2) is 0 Å². The van der Waals surface area contributed by atoms with Crippen molar-refractivity contribution < 1.29 is 9.59 Å². The summed E-state index contributed by atoms with van der Waals surface area (Å²) < 4.78 is 0. The standard InChI is InChI=1S/C13H16N2O2/c1-9-11(10-5-3-2-4-6-10)7-13(17)15(9)8-12(14)16/h2-6,9,11H,7-8H2,1H3,(H2,14,16)/t9-,11?/m0/s1. The second-order valence-electron chi connectivity index (χ2n) is 4.45. The molecular weight excluding hydrogens is 216 g/mol. The fourth-order valence-corrected chi connectivity index (χ4v) is 2.42.